The van der Waals surface area contributed by atoms with Crippen molar-refractivity contribution in [3.05, 3.63) is 84.6 Å². The summed E-state index contributed by atoms with van der Waals surface area (Å²) in [7, 11) is 1.61. The van der Waals surface area contributed by atoms with Gasteiger partial charge in [-0.15, -0.1) is 0 Å². The maximum absolute atomic E-state index is 12.8. The second-order valence-electron chi connectivity index (χ2n) is 9.44. The SMILES string of the molecule is COc1cc2nccc(Oc3ccc(Nc4ccccc4)cc3)c2cc1CC(=O)NCCCN1CCOCC1. The summed E-state index contributed by atoms with van der Waals surface area (Å²) in [6.07, 6.45) is 2.83. The van der Waals surface area contributed by atoms with Gasteiger partial charge in [0.05, 0.1) is 32.3 Å². The zero-order chi connectivity index (χ0) is 26.9. The monoisotopic (exact) mass is 526 g/mol. The number of anilines is 2. The molecule has 1 saturated heterocycles. The molecule has 1 aliphatic rings. The van der Waals surface area contributed by atoms with Gasteiger partial charge in [-0.3, -0.25) is 14.7 Å². The molecule has 2 N–H and O–H groups in total. The first-order valence-electron chi connectivity index (χ1n) is 13.3. The van der Waals surface area contributed by atoms with E-state index in [-0.39, 0.29) is 12.3 Å². The van der Waals surface area contributed by atoms with Gasteiger partial charge >= 0.3 is 0 Å². The van der Waals surface area contributed by atoms with Gasteiger partial charge in [-0.2, -0.15) is 0 Å². The van der Waals surface area contributed by atoms with Crippen LogP contribution < -0.4 is 20.1 Å². The Hall–Kier alpha value is -4.14. The summed E-state index contributed by atoms with van der Waals surface area (Å²) in [5.41, 5.74) is 3.52. The third kappa shape index (κ3) is 7.25. The second kappa shape index (κ2) is 13.1. The fraction of sp³-hybridized carbons (Fsp3) is 0.290. The van der Waals surface area contributed by atoms with Crippen molar-refractivity contribution in [3.63, 3.8) is 0 Å². The summed E-state index contributed by atoms with van der Waals surface area (Å²) in [4.78, 5) is 19.6. The lowest BCUT2D eigenvalue weighted by atomic mass is 10.1. The Labute approximate surface area is 228 Å². The van der Waals surface area contributed by atoms with Crippen molar-refractivity contribution in [3.8, 4) is 17.2 Å². The standard InChI is InChI=1S/C31H34N4O4/c1-37-30-22-28-27(20-23(30)21-31(36)33-13-5-15-35-16-18-38-19-17-35)29(12-14-32-28)39-26-10-8-25(9-11-26)34-24-6-3-2-4-7-24/h2-4,6-12,14,20,22,34H,5,13,15-19,21H2,1H3,(H,33,36). The van der Waals surface area contributed by atoms with Gasteiger partial charge in [0.2, 0.25) is 5.91 Å². The Morgan fingerprint density at radius 1 is 0.974 bits per heavy atom. The first-order valence-corrected chi connectivity index (χ1v) is 13.3. The number of morpholine rings is 1. The van der Waals surface area contributed by atoms with E-state index in [9.17, 15) is 4.79 Å². The molecule has 0 atom stereocenters. The molecule has 0 unspecified atom stereocenters. The van der Waals surface area contributed by atoms with Crippen molar-refractivity contribution in [1.82, 2.24) is 15.2 Å². The number of aromatic nitrogens is 1. The molecule has 3 aromatic carbocycles. The van der Waals surface area contributed by atoms with Crippen LogP contribution in [0.4, 0.5) is 11.4 Å². The zero-order valence-corrected chi connectivity index (χ0v) is 22.2. The number of para-hydroxylation sites is 1. The largest absolute Gasteiger partial charge is 0.496 e. The molecule has 39 heavy (non-hydrogen) atoms. The van der Waals surface area contributed by atoms with Crippen LogP contribution in [-0.2, 0) is 16.0 Å². The predicted molar refractivity (Wildman–Crippen MR) is 153 cm³/mol. The molecular weight excluding hydrogens is 492 g/mol. The highest BCUT2D eigenvalue weighted by atomic mass is 16.5. The Morgan fingerprint density at radius 3 is 2.51 bits per heavy atom. The summed E-state index contributed by atoms with van der Waals surface area (Å²) in [5, 5.41) is 7.23. The highest BCUT2D eigenvalue weighted by Gasteiger charge is 2.15. The molecule has 0 saturated carbocycles. The number of ether oxygens (including phenoxy) is 3. The van der Waals surface area contributed by atoms with Crippen molar-refractivity contribution < 1.29 is 19.0 Å². The smallest absolute Gasteiger partial charge is 0.224 e. The third-order valence-corrected chi connectivity index (χ3v) is 6.68. The van der Waals surface area contributed by atoms with E-state index in [0.717, 1.165) is 67.1 Å². The maximum atomic E-state index is 12.8. The molecule has 4 aromatic rings. The first-order chi connectivity index (χ1) is 19.2. The Morgan fingerprint density at radius 2 is 1.74 bits per heavy atom. The molecule has 8 heteroatoms. The van der Waals surface area contributed by atoms with Crippen molar-refractivity contribution in [1.29, 1.82) is 0 Å². The quantitative estimate of drug-likeness (QED) is 0.261. The average molecular weight is 527 g/mol. The van der Waals surface area contributed by atoms with Crippen molar-refractivity contribution in [2.45, 2.75) is 12.8 Å². The number of nitrogens with zero attached hydrogens (tertiary/aromatic N) is 2. The second-order valence-corrected chi connectivity index (χ2v) is 9.44. The Balaban J connectivity index is 1.24. The van der Waals surface area contributed by atoms with E-state index in [4.69, 9.17) is 14.2 Å². The van der Waals surface area contributed by atoms with Gasteiger partial charge in [0, 0.05) is 54.2 Å². The molecule has 1 fully saturated rings. The molecule has 5 rings (SSSR count). The molecule has 202 valence electrons. The lowest BCUT2D eigenvalue weighted by Crippen LogP contribution is -2.38. The summed E-state index contributed by atoms with van der Waals surface area (Å²) in [5.74, 6) is 1.96. The summed E-state index contributed by atoms with van der Waals surface area (Å²) >= 11 is 0. The van der Waals surface area contributed by atoms with E-state index in [1.807, 2.05) is 72.8 Å². The van der Waals surface area contributed by atoms with E-state index in [0.29, 0.717) is 23.8 Å². The minimum atomic E-state index is -0.0394. The number of nitrogens with one attached hydrogen (secondary N) is 2. The highest BCUT2D eigenvalue weighted by molar-refractivity contribution is 5.89. The van der Waals surface area contributed by atoms with Crippen LogP contribution in [0.5, 0.6) is 17.2 Å². The number of hydrogen-bond donors (Lipinski definition) is 2. The zero-order valence-electron chi connectivity index (χ0n) is 22.2. The van der Waals surface area contributed by atoms with Gasteiger partial charge in [-0.1, -0.05) is 18.2 Å². The van der Waals surface area contributed by atoms with Crippen LogP contribution in [0, 0.1) is 0 Å². The van der Waals surface area contributed by atoms with Gasteiger partial charge in [-0.05, 0) is 61.5 Å². The van der Waals surface area contributed by atoms with E-state index in [1.54, 1.807) is 13.3 Å². The molecule has 0 spiro atoms. The fourth-order valence-corrected chi connectivity index (χ4v) is 4.62. The topological polar surface area (TPSA) is 85.0 Å². The van der Waals surface area contributed by atoms with Crippen molar-refractivity contribution in [2.24, 2.45) is 0 Å². The Kier molecular flexibility index (Phi) is 8.88. The third-order valence-electron chi connectivity index (χ3n) is 6.68. The molecule has 1 amide bonds. The number of rotatable bonds is 11. The number of hydrogen-bond acceptors (Lipinski definition) is 7. The van der Waals surface area contributed by atoms with E-state index in [1.165, 1.54) is 0 Å². The fourth-order valence-electron chi connectivity index (χ4n) is 4.62. The van der Waals surface area contributed by atoms with Gasteiger partial charge < -0.3 is 24.8 Å². The van der Waals surface area contributed by atoms with Crippen LogP contribution >= 0.6 is 0 Å². The van der Waals surface area contributed by atoms with Crippen molar-refractivity contribution in [2.75, 3.05) is 51.8 Å². The number of methoxy groups -OCH3 is 1. The number of fused-ring (bicyclic) bond motifs is 1. The van der Waals surface area contributed by atoms with Gasteiger partial charge in [0.1, 0.15) is 17.2 Å². The number of benzene rings is 3. The van der Waals surface area contributed by atoms with Gasteiger partial charge in [0.15, 0.2) is 0 Å². The minimum absolute atomic E-state index is 0.0394. The molecule has 2 heterocycles. The lowest BCUT2D eigenvalue weighted by molar-refractivity contribution is -0.120. The normalized spacial score (nSPS) is 13.7. The Bertz CT molecular complexity index is 1370. The van der Waals surface area contributed by atoms with E-state index >= 15 is 0 Å². The van der Waals surface area contributed by atoms with Gasteiger partial charge in [0.25, 0.3) is 0 Å². The average Bonchev–Trinajstić information content (AvgIpc) is 2.97. The molecular formula is C31H34N4O4. The lowest BCUT2D eigenvalue weighted by Gasteiger charge is -2.26. The highest BCUT2D eigenvalue weighted by Crippen LogP contribution is 2.34. The predicted octanol–water partition coefficient (Wildman–Crippen LogP) is 5.16. The number of pyridine rings is 1. The number of carbonyl (C=O) groups is 1. The van der Waals surface area contributed by atoms with Crippen LogP contribution in [0.1, 0.15) is 12.0 Å². The van der Waals surface area contributed by atoms with E-state index in [2.05, 4.69) is 20.5 Å². The molecule has 1 aromatic heterocycles. The minimum Gasteiger partial charge on any atom is -0.496 e. The van der Waals surface area contributed by atoms with Crippen molar-refractivity contribution >= 4 is 28.2 Å². The molecule has 1 aliphatic heterocycles. The van der Waals surface area contributed by atoms with Crippen LogP contribution in [0.2, 0.25) is 0 Å². The van der Waals surface area contributed by atoms with Crippen LogP contribution in [0.15, 0.2) is 79.0 Å². The summed E-state index contributed by atoms with van der Waals surface area (Å²) in [6, 6.07) is 23.4. The van der Waals surface area contributed by atoms with Crippen LogP contribution in [0.3, 0.4) is 0 Å². The molecule has 0 bridgehead atoms. The van der Waals surface area contributed by atoms with Crippen LogP contribution in [-0.4, -0.2) is 62.3 Å². The van der Waals surface area contributed by atoms with Gasteiger partial charge in [-0.25, -0.2) is 0 Å². The van der Waals surface area contributed by atoms with Crippen LogP contribution in [0.25, 0.3) is 10.9 Å². The molecule has 0 aliphatic carbocycles. The molecule has 8 nitrogen and oxygen atoms in total. The molecule has 0 radical (unpaired) electrons. The summed E-state index contributed by atoms with van der Waals surface area (Å²) in [6.45, 7) is 5.07. The number of carbonyl (C=O) groups excluding carboxylic acids is 1. The maximum Gasteiger partial charge on any atom is 0.224 e. The summed E-state index contributed by atoms with van der Waals surface area (Å²) < 4.78 is 17.2. The van der Waals surface area contributed by atoms with E-state index < -0.39 is 0 Å². The number of amides is 1. The first kappa shape index (κ1) is 26.5.